The molecule has 1 atom stereocenters. The Bertz CT molecular complexity index is 970. The predicted octanol–water partition coefficient (Wildman–Crippen LogP) is 3.06. The van der Waals surface area contributed by atoms with E-state index in [0.29, 0.717) is 24.5 Å². The third-order valence-electron chi connectivity index (χ3n) is 6.02. The summed E-state index contributed by atoms with van der Waals surface area (Å²) in [5.74, 6) is 0.116. The summed E-state index contributed by atoms with van der Waals surface area (Å²) in [7, 11) is 0. The van der Waals surface area contributed by atoms with Crippen LogP contribution in [-0.4, -0.2) is 60.9 Å². The van der Waals surface area contributed by atoms with Gasteiger partial charge < -0.3 is 20.7 Å². The van der Waals surface area contributed by atoms with Gasteiger partial charge in [0.2, 0.25) is 11.8 Å². The first-order chi connectivity index (χ1) is 16.9. The summed E-state index contributed by atoms with van der Waals surface area (Å²) in [6, 6.07) is 15.7. The Morgan fingerprint density at radius 2 is 1.66 bits per heavy atom. The molecule has 3 N–H and O–H groups in total. The highest BCUT2D eigenvalue weighted by Crippen LogP contribution is 2.15. The Hall–Kier alpha value is -3.39. The maximum atomic E-state index is 13.0. The number of likely N-dealkylation sites (tertiary alicyclic amines) is 1. The third kappa shape index (κ3) is 8.10. The zero-order valence-corrected chi connectivity index (χ0v) is 20.8. The molecule has 0 spiro atoms. The molecule has 1 fully saturated rings. The second kappa shape index (κ2) is 12.9. The van der Waals surface area contributed by atoms with Gasteiger partial charge in [-0.2, -0.15) is 0 Å². The molecule has 0 saturated carbocycles. The van der Waals surface area contributed by atoms with Crippen molar-refractivity contribution in [2.75, 3.05) is 31.6 Å². The number of benzene rings is 2. The smallest absolute Gasteiger partial charge is 0.251 e. The van der Waals surface area contributed by atoms with Crippen LogP contribution in [0.25, 0.3) is 0 Å². The summed E-state index contributed by atoms with van der Waals surface area (Å²) in [6.45, 7) is 8.05. The number of rotatable bonds is 10. The molecular weight excluding hydrogens is 444 g/mol. The highest BCUT2D eigenvalue weighted by Gasteiger charge is 2.28. The molecule has 2 aromatic carbocycles. The summed E-state index contributed by atoms with van der Waals surface area (Å²) in [4.78, 5) is 40.1. The lowest BCUT2D eigenvalue weighted by Gasteiger charge is -2.33. The van der Waals surface area contributed by atoms with E-state index in [1.54, 1.807) is 24.3 Å². The number of para-hydroxylation sites is 1. The van der Waals surface area contributed by atoms with Crippen LogP contribution in [-0.2, 0) is 9.59 Å². The van der Waals surface area contributed by atoms with Crippen LogP contribution in [0, 0.1) is 5.92 Å². The molecule has 3 rings (SSSR count). The molecule has 8 nitrogen and oxygen atoms in total. The Morgan fingerprint density at radius 3 is 2.26 bits per heavy atom. The second-order valence-corrected chi connectivity index (χ2v) is 9.13. The van der Waals surface area contributed by atoms with Crippen molar-refractivity contribution >= 4 is 23.4 Å². The van der Waals surface area contributed by atoms with Crippen molar-refractivity contribution in [1.82, 2.24) is 15.5 Å². The third-order valence-corrected chi connectivity index (χ3v) is 6.02. The Labute approximate surface area is 207 Å². The van der Waals surface area contributed by atoms with Gasteiger partial charge in [0.25, 0.3) is 5.91 Å². The van der Waals surface area contributed by atoms with Crippen molar-refractivity contribution in [3.05, 3.63) is 60.2 Å². The fourth-order valence-electron chi connectivity index (χ4n) is 4.08. The number of nitrogens with zero attached hydrogens (tertiary/aromatic N) is 1. The van der Waals surface area contributed by atoms with E-state index in [-0.39, 0.29) is 29.7 Å². The normalized spacial score (nSPS) is 15.3. The molecule has 1 aliphatic heterocycles. The van der Waals surface area contributed by atoms with Gasteiger partial charge in [-0.25, -0.2) is 0 Å². The number of hydrogen-bond donors (Lipinski definition) is 3. The first-order valence-electron chi connectivity index (χ1n) is 12.3. The van der Waals surface area contributed by atoms with Crippen molar-refractivity contribution in [3.8, 4) is 5.75 Å². The van der Waals surface area contributed by atoms with Gasteiger partial charge >= 0.3 is 0 Å². The molecule has 0 aromatic heterocycles. The number of ether oxygens (including phenoxy) is 1. The van der Waals surface area contributed by atoms with Crippen LogP contribution in [0.1, 0.15) is 44.0 Å². The summed E-state index contributed by atoms with van der Waals surface area (Å²) < 4.78 is 5.42. The molecule has 35 heavy (non-hydrogen) atoms. The predicted molar refractivity (Wildman–Crippen MR) is 136 cm³/mol. The van der Waals surface area contributed by atoms with Crippen molar-refractivity contribution in [2.24, 2.45) is 5.92 Å². The summed E-state index contributed by atoms with van der Waals surface area (Å²) in [5, 5.41) is 8.88. The van der Waals surface area contributed by atoms with Gasteiger partial charge in [0.05, 0.1) is 13.2 Å². The monoisotopic (exact) mass is 480 g/mol. The first-order valence-corrected chi connectivity index (χ1v) is 12.3. The van der Waals surface area contributed by atoms with Crippen LogP contribution in [0.5, 0.6) is 5.75 Å². The quantitative estimate of drug-likeness (QED) is 0.485. The number of nitrogens with one attached hydrogen (secondary N) is 3. The summed E-state index contributed by atoms with van der Waals surface area (Å²) in [6.07, 6.45) is 1.50. The molecule has 1 heterocycles. The average Bonchev–Trinajstić information content (AvgIpc) is 2.84. The zero-order chi connectivity index (χ0) is 25.2. The minimum atomic E-state index is -0.635. The fraction of sp³-hybridized carbons (Fsp3) is 0.444. The topological polar surface area (TPSA) is 99.8 Å². The van der Waals surface area contributed by atoms with Crippen LogP contribution in [0.15, 0.2) is 54.6 Å². The number of piperidine rings is 1. The van der Waals surface area contributed by atoms with E-state index in [1.807, 2.05) is 51.1 Å². The highest BCUT2D eigenvalue weighted by molar-refractivity contribution is 5.97. The van der Waals surface area contributed by atoms with E-state index in [2.05, 4.69) is 20.9 Å². The number of carbonyl (C=O) groups excluding carboxylic acids is 3. The Kier molecular flexibility index (Phi) is 9.66. The van der Waals surface area contributed by atoms with Crippen LogP contribution >= 0.6 is 0 Å². The van der Waals surface area contributed by atoms with E-state index in [1.165, 1.54) is 0 Å². The largest absolute Gasteiger partial charge is 0.494 e. The number of anilines is 1. The molecule has 0 aliphatic carbocycles. The Balaban J connectivity index is 1.46. The molecule has 188 valence electrons. The maximum absolute atomic E-state index is 13.0. The first kappa shape index (κ1) is 26.2. The van der Waals surface area contributed by atoms with Gasteiger partial charge in [-0.15, -0.1) is 0 Å². The molecule has 0 bridgehead atoms. The van der Waals surface area contributed by atoms with E-state index in [4.69, 9.17) is 4.74 Å². The van der Waals surface area contributed by atoms with Crippen LogP contribution in [0.2, 0.25) is 0 Å². The number of amides is 3. The van der Waals surface area contributed by atoms with Crippen LogP contribution in [0.3, 0.4) is 0 Å². The van der Waals surface area contributed by atoms with Gasteiger partial charge in [-0.1, -0.05) is 32.0 Å². The minimum absolute atomic E-state index is 0.0135. The fourth-order valence-corrected chi connectivity index (χ4v) is 4.08. The molecule has 2 aromatic rings. The minimum Gasteiger partial charge on any atom is -0.494 e. The molecular formula is C27H36N4O4. The maximum Gasteiger partial charge on any atom is 0.251 e. The summed E-state index contributed by atoms with van der Waals surface area (Å²) in [5.41, 5.74) is 1.26. The molecule has 0 radical (unpaired) electrons. The van der Waals surface area contributed by atoms with Gasteiger partial charge in [0, 0.05) is 30.4 Å². The van der Waals surface area contributed by atoms with Crippen molar-refractivity contribution in [2.45, 2.75) is 45.7 Å². The number of carbonyl (C=O) groups is 3. The molecule has 1 saturated heterocycles. The van der Waals surface area contributed by atoms with Crippen LogP contribution in [0.4, 0.5) is 5.69 Å². The van der Waals surface area contributed by atoms with Gasteiger partial charge in [0.15, 0.2) is 0 Å². The standard InChI is InChI=1S/C27H36N4O4/c1-4-35-23-12-10-20(11-13-23)26(33)30-25(19(2)3)27(34)29-22-14-16-31(17-15-22)18-24(32)28-21-8-6-5-7-9-21/h5-13,19,22,25H,4,14-18H2,1-3H3,(H,28,32)(H,29,34)(H,30,33)/t25-/m1/s1. The lowest BCUT2D eigenvalue weighted by Crippen LogP contribution is -2.54. The van der Waals surface area contributed by atoms with Crippen molar-refractivity contribution in [1.29, 1.82) is 0 Å². The molecule has 1 aliphatic rings. The highest BCUT2D eigenvalue weighted by atomic mass is 16.5. The van der Waals surface area contributed by atoms with Gasteiger partial charge in [-0.3, -0.25) is 19.3 Å². The summed E-state index contributed by atoms with van der Waals surface area (Å²) >= 11 is 0. The Morgan fingerprint density at radius 1 is 1.00 bits per heavy atom. The van der Waals surface area contributed by atoms with E-state index >= 15 is 0 Å². The van der Waals surface area contributed by atoms with E-state index < -0.39 is 6.04 Å². The molecule has 3 amide bonds. The zero-order valence-electron chi connectivity index (χ0n) is 20.8. The lowest BCUT2D eigenvalue weighted by atomic mass is 10.00. The molecule has 8 heteroatoms. The SMILES string of the molecule is CCOc1ccc(C(=O)N[C@@H](C(=O)NC2CCN(CC(=O)Nc3ccccc3)CC2)C(C)C)cc1. The van der Waals surface area contributed by atoms with Gasteiger partial charge in [0.1, 0.15) is 11.8 Å². The van der Waals surface area contributed by atoms with Crippen molar-refractivity contribution in [3.63, 3.8) is 0 Å². The average molecular weight is 481 g/mol. The van der Waals surface area contributed by atoms with Crippen molar-refractivity contribution < 1.29 is 19.1 Å². The van der Waals surface area contributed by atoms with E-state index in [0.717, 1.165) is 31.6 Å². The lowest BCUT2D eigenvalue weighted by molar-refractivity contribution is -0.125. The van der Waals surface area contributed by atoms with E-state index in [9.17, 15) is 14.4 Å². The van der Waals surface area contributed by atoms with Crippen LogP contribution < -0.4 is 20.7 Å². The van der Waals surface area contributed by atoms with Gasteiger partial charge in [-0.05, 0) is 62.1 Å². The second-order valence-electron chi connectivity index (χ2n) is 9.13. The number of hydrogen-bond acceptors (Lipinski definition) is 5. The molecule has 0 unspecified atom stereocenters.